The van der Waals surface area contributed by atoms with Crippen molar-refractivity contribution in [1.29, 1.82) is 0 Å². The Kier molecular flexibility index (Phi) is 7.88. The molecule has 11 nitrogen and oxygen atoms in total. The van der Waals surface area contributed by atoms with Crippen molar-refractivity contribution in [3.05, 3.63) is 48.0 Å². The van der Waals surface area contributed by atoms with E-state index in [1.807, 2.05) is 0 Å². The Bertz CT molecular complexity index is 1380. The number of rotatable bonds is 8. The van der Waals surface area contributed by atoms with Gasteiger partial charge in [-0.1, -0.05) is 19.1 Å². The van der Waals surface area contributed by atoms with Crippen molar-refractivity contribution in [3.8, 4) is 5.75 Å². The number of anilines is 1. The summed E-state index contributed by atoms with van der Waals surface area (Å²) in [5.41, 5.74) is 1.03. The summed E-state index contributed by atoms with van der Waals surface area (Å²) in [7, 11) is -7.53. The normalized spacial score (nSPS) is 17.2. The number of nitrogens with two attached hydrogens (primary N) is 1. The lowest BCUT2D eigenvalue weighted by atomic mass is 10.0. The zero-order valence-electron chi connectivity index (χ0n) is 20.4. The van der Waals surface area contributed by atoms with Crippen LogP contribution in [0.4, 0.5) is 5.69 Å². The first kappa shape index (κ1) is 27.0. The van der Waals surface area contributed by atoms with Crippen molar-refractivity contribution in [2.45, 2.75) is 36.0 Å². The zero-order chi connectivity index (χ0) is 26.8. The summed E-state index contributed by atoms with van der Waals surface area (Å²) in [6.07, 6.45) is 2.00. The van der Waals surface area contributed by atoms with E-state index in [0.717, 1.165) is 18.4 Å². The van der Waals surface area contributed by atoms with Gasteiger partial charge in [0.1, 0.15) is 12.3 Å². The highest BCUT2D eigenvalue weighted by Gasteiger charge is 2.32. The molecule has 3 N–H and O–H groups in total. The third kappa shape index (κ3) is 6.29. The molecule has 0 saturated carbocycles. The van der Waals surface area contributed by atoms with E-state index in [1.54, 1.807) is 12.1 Å². The second-order valence-electron chi connectivity index (χ2n) is 9.27. The maximum absolute atomic E-state index is 13.2. The number of fused-ring (bicyclic) bond motifs is 1. The first-order valence-corrected chi connectivity index (χ1v) is 14.9. The molecule has 13 heteroatoms. The first-order valence-electron chi connectivity index (χ1n) is 11.9. The lowest BCUT2D eigenvalue weighted by Crippen LogP contribution is -2.45. The van der Waals surface area contributed by atoms with Gasteiger partial charge in [-0.15, -0.1) is 0 Å². The van der Waals surface area contributed by atoms with E-state index >= 15 is 0 Å². The number of hydrogen-bond donors (Lipinski definition) is 2. The molecule has 200 valence electrons. The molecule has 2 aromatic rings. The van der Waals surface area contributed by atoms with Crippen LogP contribution in [-0.4, -0.2) is 65.7 Å². The van der Waals surface area contributed by atoms with E-state index in [9.17, 15) is 26.4 Å². The molecule has 4 rings (SSSR count). The fourth-order valence-electron chi connectivity index (χ4n) is 4.28. The van der Waals surface area contributed by atoms with Crippen LogP contribution in [0.15, 0.2) is 52.3 Å². The van der Waals surface area contributed by atoms with Gasteiger partial charge in [0, 0.05) is 19.6 Å². The molecule has 37 heavy (non-hydrogen) atoms. The van der Waals surface area contributed by atoms with Crippen LogP contribution < -0.4 is 20.1 Å². The second kappa shape index (κ2) is 10.8. The molecule has 0 aromatic heterocycles. The van der Waals surface area contributed by atoms with Gasteiger partial charge in [-0.3, -0.25) is 14.5 Å². The predicted octanol–water partition coefficient (Wildman–Crippen LogP) is 0.839. The Morgan fingerprint density at radius 3 is 2.35 bits per heavy atom. The maximum atomic E-state index is 13.2. The van der Waals surface area contributed by atoms with Crippen LogP contribution >= 0.6 is 0 Å². The van der Waals surface area contributed by atoms with Crippen molar-refractivity contribution in [1.82, 2.24) is 9.62 Å². The molecule has 1 fully saturated rings. The summed E-state index contributed by atoms with van der Waals surface area (Å²) < 4.78 is 56.0. The number of nitrogens with one attached hydrogen (secondary N) is 1. The van der Waals surface area contributed by atoms with E-state index in [0.29, 0.717) is 31.2 Å². The Balaban J connectivity index is 1.42. The predicted molar refractivity (Wildman–Crippen MR) is 136 cm³/mol. The topological polar surface area (TPSA) is 156 Å². The number of ether oxygens (including phenoxy) is 1. The number of primary sulfonamides is 1. The highest BCUT2D eigenvalue weighted by atomic mass is 32.2. The van der Waals surface area contributed by atoms with Crippen LogP contribution in [0.3, 0.4) is 0 Å². The van der Waals surface area contributed by atoms with Crippen LogP contribution in [-0.2, 0) is 36.1 Å². The lowest BCUT2D eigenvalue weighted by molar-refractivity contribution is -0.125. The Morgan fingerprint density at radius 1 is 1.05 bits per heavy atom. The van der Waals surface area contributed by atoms with Gasteiger partial charge in [0.2, 0.25) is 26.0 Å². The van der Waals surface area contributed by atoms with Crippen LogP contribution in [0.2, 0.25) is 0 Å². The monoisotopic (exact) mass is 550 g/mol. The molecule has 2 amide bonds. The molecule has 2 aliphatic rings. The Labute approximate surface area is 216 Å². The summed E-state index contributed by atoms with van der Waals surface area (Å²) in [6, 6.07) is 10.4. The van der Waals surface area contributed by atoms with Gasteiger partial charge in [0.15, 0.2) is 6.61 Å². The van der Waals surface area contributed by atoms with E-state index in [4.69, 9.17) is 9.88 Å². The maximum Gasteiger partial charge on any atom is 0.265 e. The summed E-state index contributed by atoms with van der Waals surface area (Å²) >= 11 is 0. The summed E-state index contributed by atoms with van der Waals surface area (Å²) in [5.74, 6) is -0.0896. The molecule has 0 atom stereocenters. The second-order valence-corrected chi connectivity index (χ2v) is 12.8. The number of benzene rings is 2. The molecular formula is C24H30N4O7S2. The molecule has 0 unspecified atom stereocenters. The minimum Gasteiger partial charge on any atom is -0.482 e. The van der Waals surface area contributed by atoms with E-state index in [-0.39, 0.29) is 35.2 Å². The van der Waals surface area contributed by atoms with Crippen LogP contribution in [0.5, 0.6) is 5.75 Å². The Hall–Kier alpha value is -3.00. The molecule has 0 bridgehead atoms. The van der Waals surface area contributed by atoms with Gasteiger partial charge >= 0.3 is 0 Å². The van der Waals surface area contributed by atoms with Crippen molar-refractivity contribution in [2.75, 3.05) is 37.7 Å². The highest BCUT2D eigenvalue weighted by molar-refractivity contribution is 7.89. The van der Waals surface area contributed by atoms with Crippen LogP contribution in [0.1, 0.15) is 25.3 Å². The molecule has 2 heterocycles. The molecule has 0 radical (unpaired) electrons. The minimum absolute atomic E-state index is 0.000935. The summed E-state index contributed by atoms with van der Waals surface area (Å²) in [5, 5.41) is 7.83. The molecule has 0 aliphatic carbocycles. The lowest BCUT2D eigenvalue weighted by Gasteiger charge is -2.31. The average Bonchev–Trinajstić information content (AvgIpc) is 2.85. The van der Waals surface area contributed by atoms with Gasteiger partial charge in [-0.2, -0.15) is 4.31 Å². The van der Waals surface area contributed by atoms with Crippen LogP contribution in [0, 0.1) is 5.92 Å². The quantitative estimate of drug-likeness (QED) is 0.493. The first-order chi connectivity index (χ1) is 17.4. The third-order valence-corrected chi connectivity index (χ3v) is 9.37. The number of sulfonamides is 2. The van der Waals surface area contributed by atoms with Gasteiger partial charge in [-0.05, 0) is 61.1 Å². The third-order valence-electron chi connectivity index (χ3n) is 6.54. The van der Waals surface area contributed by atoms with Crippen molar-refractivity contribution < 1.29 is 31.2 Å². The zero-order valence-corrected chi connectivity index (χ0v) is 22.1. The molecule has 2 aliphatic heterocycles. The largest absolute Gasteiger partial charge is 0.482 e. The van der Waals surface area contributed by atoms with Gasteiger partial charge in [0.05, 0.1) is 15.5 Å². The van der Waals surface area contributed by atoms with Crippen molar-refractivity contribution >= 4 is 37.5 Å². The number of amides is 2. The summed E-state index contributed by atoms with van der Waals surface area (Å²) in [4.78, 5) is 26.5. The van der Waals surface area contributed by atoms with E-state index in [1.165, 1.54) is 39.5 Å². The summed E-state index contributed by atoms with van der Waals surface area (Å²) in [6.45, 7) is 2.66. The van der Waals surface area contributed by atoms with Gasteiger partial charge < -0.3 is 10.1 Å². The number of piperidine rings is 1. The fourth-order valence-corrected chi connectivity index (χ4v) is 6.29. The number of nitrogens with zero attached hydrogens (tertiary/aromatic N) is 2. The average molecular weight is 551 g/mol. The SMILES string of the molecule is CC1CCN(S(=O)(=O)c2ccc3c(c2)N(CC(=O)NCCc2ccc(S(N)(=O)=O)cc2)C(=O)CO3)CC1. The van der Waals surface area contributed by atoms with Crippen molar-refractivity contribution in [3.63, 3.8) is 0 Å². The van der Waals surface area contributed by atoms with Gasteiger partial charge in [0.25, 0.3) is 5.91 Å². The molecular weight excluding hydrogens is 520 g/mol. The number of carbonyl (C=O) groups excluding carboxylic acids is 2. The molecule has 2 aromatic carbocycles. The Morgan fingerprint density at radius 2 is 1.70 bits per heavy atom. The van der Waals surface area contributed by atoms with E-state index < -0.39 is 31.9 Å². The standard InChI is InChI=1S/C24H30N4O7S2/c1-17-9-12-27(13-10-17)37(33,34)20-6-7-22-21(14-20)28(24(30)16-35-22)15-23(29)26-11-8-18-2-4-19(5-3-18)36(25,31)32/h2-7,14,17H,8-13,15-16H2,1H3,(H,26,29)(H2,25,31,32). The smallest absolute Gasteiger partial charge is 0.265 e. The molecule has 0 spiro atoms. The van der Waals surface area contributed by atoms with Gasteiger partial charge in [-0.25, -0.2) is 22.0 Å². The fraction of sp³-hybridized carbons (Fsp3) is 0.417. The number of carbonyl (C=O) groups is 2. The highest BCUT2D eigenvalue weighted by Crippen LogP contribution is 2.35. The number of hydrogen-bond acceptors (Lipinski definition) is 7. The molecule has 1 saturated heterocycles. The van der Waals surface area contributed by atoms with E-state index in [2.05, 4.69) is 12.2 Å². The van der Waals surface area contributed by atoms with Crippen LogP contribution in [0.25, 0.3) is 0 Å². The minimum atomic E-state index is -3.78. The van der Waals surface area contributed by atoms with Crippen molar-refractivity contribution in [2.24, 2.45) is 11.1 Å².